The molecule has 0 unspecified atom stereocenters. The molecule has 0 aliphatic carbocycles. The molecule has 0 fully saturated rings. The Bertz CT molecular complexity index is 372. The molecular weight excluding hydrogens is 345 g/mol. The molecule has 26 heavy (non-hydrogen) atoms. The Morgan fingerprint density at radius 1 is 0.654 bits per heavy atom. The molecule has 0 radical (unpaired) electrons. The summed E-state index contributed by atoms with van der Waals surface area (Å²) in [5, 5.41) is 17.5. The molecule has 0 rings (SSSR count). The van der Waals surface area contributed by atoms with E-state index in [0.717, 1.165) is 19.3 Å². The van der Waals surface area contributed by atoms with Gasteiger partial charge in [0.05, 0.1) is 12.8 Å². The molecule has 146 valence electrons. The van der Waals surface area contributed by atoms with Crippen LogP contribution in [0, 0.1) is 0 Å². The molecule has 0 aliphatic heterocycles. The van der Waals surface area contributed by atoms with Crippen LogP contribution >= 0.6 is 0 Å². The molecule has 7 heteroatoms. The van der Waals surface area contributed by atoms with E-state index < -0.39 is 11.9 Å². The van der Waals surface area contributed by atoms with Crippen LogP contribution in [0.5, 0.6) is 0 Å². The Labute approximate surface area is 180 Å². The molecule has 0 bridgehead atoms. The predicted molar refractivity (Wildman–Crippen MR) is 97.5 cm³/mol. The third kappa shape index (κ3) is 18.2. The minimum absolute atomic E-state index is 0. The van der Waals surface area contributed by atoms with E-state index in [9.17, 15) is 14.4 Å². The first-order valence-corrected chi connectivity index (χ1v) is 9.68. The van der Waals surface area contributed by atoms with Crippen LogP contribution in [0.3, 0.4) is 0 Å². The van der Waals surface area contributed by atoms with Gasteiger partial charge in [0, 0.05) is 19.5 Å². The molecule has 0 aromatic heterocycles. The van der Waals surface area contributed by atoms with Crippen molar-refractivity contribution in [3.8, 4) is 0 Å². The maximum absolute atomic E-state index is 12.1. The summed E-state index contributed by atoms with van der Waals surface area (Å²) in [6, 6.07) is 0. The van der Waals surface area contributed by atoms with E-state index in [2.05, 4.69) is 6.92 Å². The zero-order valence-corrected chi connectivity index (χ0v) is 18.7. The monoisotopic (exact) mass is 380 g/mol. The molecule has 2 N–H and O–H groups in total. The quantitative estimate of drug-likeness (QED) is 0.291. The Morgan fingerprint density at radius 2 is 1.04 bits per heavy atom. The number of carbonyl (C=O) groups excluding carboxylic acids is 1. The second-order valence-electron chi connectivity index (χ2n) is 6.60. The Morgan fingerprint density at radius 3 is 1.42 bits per heavy atom. The molecule has 0 spiro atoms. The van der Waals surface area contributed by atoms with E-state index in [4.69, 9.17) is 10.2 Å². The first-order chi connectivity index (χ1) is 12.0. The molecular formula is C19H35NNaO5+. The number of rotatable bonds is 17. The summed E-state index contributed by atoms with van der Waals surface area (Å²) in [6.07, 6.45) is 11.9. The number of hydrogen-bond acceptors (Lipinski definition) is 3. The van der Waals surface area contributed by atoms with Crippen LogP contribution in [-0.2, 0) is 14.4 Å². The zero-order chi connectivity index (χ0) is 18.9. The van der Waals surface area contributed by atoms with E-state index in [-0.39, 0.29) is 61.4 Å². The van der Waals surface area contributed by atoms with E-state index >= 15 is 0 Å². The van der Waals surface area contributed by atoms with Crippen molar-refractivity contribution in [2.24, 2.45) is 0 Å². The maximum Gasteiger partial charge on any atom is 1.00 e. The molecule has 6 nitrogen and oxygen atoms in total. The van der Waals surface area contributed by atoms with Gasteiger partial charge in [-0.25, -0.2) is 0 Å². The van der Waals surface area contributed by atoms with Gasteiger partial charge < -0.3 is 15.1 Å². The van der Waals surface area contributed by atoms with Gasteiger partial charge in [-0.05, 0) is 6.42 Å². The van der Waals surface area contributed by atoms with Gasteiger partial charge in [-0.1, -0.05) is 64.7 Å². The fourth-order valence-corrected chi connectivity index (χ4v) is 2.74. The molecule has 0 saturated heterocycles. The number of amides is 1. The van der Waals surface area contributed by atoms with Crippen molar-refractivity contribution < 1.29 is 54.2 Å². The third-order valence-corrected chi connectivity index (χ3v) is 4.29. The van der Waals surface area contributed by atoms with Crippen LogP contribution in [0.25, 0.3) is 0 Å². The van der Waals surface area contributed by atoms with Gasteiger partial charge in [0.1, 0.15) is 0 Å². The SMILES string of the molecule is CCCCCCCCCCCCC(=O)N(CCC(=O)O)CCC(=O)O.[Na+]. The number of carboxylic acids is 2. The van der Waals surface area contributed by atoms with Gasteiger partial charge in [-0.3, -0.25) is 14.4 Å². The molecule has 0 saturated carbocycles. The molecule has 0 heterocycles. The number of nitrogens with zero attached hydrogens (tertiary/aromatic N) is 1. The van der Waals surface area contributed by atoms with Gasteiger partial charge in [0.2, 0.25) is 5.91 Å². The van der Waals surface area contributed by atoms with Crippen LogP contribution in [0.2, 0.25) is 0 Å². The summed E-state index contributed by atoms with van der Waals surface area (Å²) >= 11 is 0. The largest absolute Gasteiger partial charge is 1.00 e. The summed E-state index contributed by atoms with van der Waals surface area (Å²) in [5.41, 5.74) is 0. The third-order valence-electron chi connectivity index (χ3n) is 4.29. The van der Waals surface area contributed by atoms with Crippen molar-refractivity contribution in [2.45, 2.75) is 90.4 Å². The van der Waals surface area contributed by atoms with Crippen molar-refractivity contribution in [3.63, 3.8) is 0 Å². The smallest absolute Gasteiger partial charge is 0.481 e. The summed E-state index contributed by atoms with van der Waals surface area (Å²) in [5.74, 6) is -2.10. The Hall–Kier alpha value is -0.590. The van der Waals surface area contributed by atoms with Crippen molar-refractivity contribution in [2.75, 3.05) is 13.1 Å². The van der Waals surface area contributed by atoms with Crippen LogP contribution in [0.1, 0.15) is 90.4 Å². The van der Waals surface area contributed by atoms with Crippen LogP contribution in [0.4, 0.5) is 0 Å². The normalized spacial score (nSPS) is 10.2. The van der Waals surface area contributed by atoms with Crippen LogP contribution < -0.4 is 29.6 Å². The molecule has 0 aromatic rings. The predicted octanol–water partition coefficient (Wildman–Crippen LogP) is 1.08. The average Bonchev–Trinajstić information content (AvgIpc) is 2.55. The minimum atomic E-state index is -0.980. The minimum Gasteiger partial charge on any atom is -0.481 e. The van der Waals surface area contributed by atoms with Crippen molar-refractivity contribution in [1.29, 1.82) is 0 Å². The molecule has 1 amide bonds. The fourth-order valence-electron chi connectivity index (χ4n) is 2.74. The number of carbonyl (C=O) groups is 3. The van der Waals surface area contributed by atoms with Gasteiger partial charge in [0.15, 0.2) is 0 Å². The van der Waals surface area contributed by atoms with E-state index in [0.29, 0.717) is 6.42 Å². The van der Waals surface area contributed by atoms with Crippen LogP contribution in [-0.4, -0.2) is 46.0 Å². The van der Waals surface area contributed by atoms with Gasteiger partial charge in [0.25, 0.3) is 0 Å². The van der Waals surface area contributed by atoms with Crippen molar-refractivity contribution in [3.05, 3.63) is 0 Å². The van der Waals surface area contributed by atoms with E-state index in [1.165, 1.54) is 49.8 Å². The first-order valence-electron chi connectivity index (χ1n) is 9.68. The Balaban J connectivity index is 0. The zero-order valence-electron chi connectivity index (χ0n) is 16.7. The summed E-state index contributed by atoms with van der Waals surface area (Å²) < 4.78 is 0. The summed E-state index contributed by atoms with van der Waals surface area (Å²) in [7, 11) is 0. The number of unbranched alkanes of at least 4 members (excludes halogenated alkanes) is 9. The number of carboxylic acid groups (broad SMARTS) is 2. The Kier molecular flexibility index (Phi) is 20.4. The maximum atomic E-state index is 12.1. The summed E-state index contributed by atoms with van der Waals surface area (Å²) in [6.45, 7) is 2.38. The number of aliphatic carboxylic acids is 2. The van der Waals surface area contributed by atoms with E-state index in [1.807, 2.05) is 0 Å². The van der Waals surface area contributed by atoms with Crippen molar-refractivity contribution in [1.82, 2.24) is 4.90 Å². The topological polar surface area (TPSA) is 94.9 Å². The molecule has 0 aromatic carbocycles. The van der Waals surface area contributed by atoms with E-state index in [1.54, 1.807) is 0 Å². The average molecular weight is 380 g/mol. The van der Waals surface area contributed by atoms with Gasteiger partial charge in [-0.2, -0.15) is 0 Å². The fraction of sp³-hybridized carbons (Fsp3) is 0.842. The number of hydrogen-bond donors (Lipinski definition) is 2. The first kappa shape index (κ1) is 27.6. The van der Waals surface area contributed by atoms with Gasteiger partial charge >= 0.3 is 41.5 Å². The van der Waals surface area contributed by atoms with Crippen LogP contribution in [0.15, 0.2) is 0 Å². The second kappa shape index (κ2) is 19.2. The molecule has 0 aliphatic rings. The molecule has 0 atom stereocenters. The standard InChI is InChI=1S/C19H35NO5.Na/c1-2-3-4-5-6-7-8-9-10-11-12-17(21)20(15-13-18(22)23)16-14-19(24)25;/h2-16H2,1H3,(H,22,23)(H,24,25);/q;+1. The van der Waals surface area contributed by atoms with Gasteiger partial charge in [-0.15, -0.1) is 0 Å². The second-order valence-corrected chi connectivity index (χ2v) is 6.60. The summed E-state index contributed by atoms with van der Waals surface area (Å²) in [4.78, 5) is 34.8. The van der Waals surface area contributed by atoms with Crippen molar-refractivity contribution >= 4 is 17.8 Å².